The number of benzene rings is 1. The first kappa shape index (κ1) is 20.5. The standard InChI is InChI=1S/C17H28N4O4S/c1-5-21-8-6-7-13(21)11-19-17(22)14-10-15(20-26(23,24)18-3)12(2)9-16(14)25-4/h9-10,13,18,20H,5-8,11H2,1-4H3,(H,19,22). The van der Waals surface area contributed by atoms with Crippen LogP contribution in [0, 0.1) is 6.92 Å². The summed E-state index contributed by atoms with van der Waals surface area (Å²) in [5.41, 5.74) is 1.29. The molecule has 1 aliphatic heterocycles. The lowest BCUT2D eigenvalue weighted by Crippen LogP contribution is -2.40. The summed E-state index contributed by atoms with van der Waals surface area (Å²) in [7, 11) is -0.872. The highest BCUT2D eigenvalue weighted by Gasteiger charge is 2.24. The van der Waals surface area contributed by atoms with Gasteiger partial charge in [0.1, 0.15) is 5.75 Å². The first-order chi connectivity index (χ1) is 12.3. The number of carbonyl (C=O) groups excluding carboxylic acids is 1. The molecule has 0 aliphatic carbocycles. The second-order valence-corrected chi connectivity index (χ2v) is 7.93. The summed E-state index contributed by atoms with van der Waals surface area (Å²) >= 11 is 0. The smallest absolute Gasteiger partial charge is 0.298 e. The van der Waals surface area contributed by atoms with Gasteiger partial charge in [-0.15, -0.1) is 0 Å². The number of hydrogen-bond acceptors (Lipinski definition) is 5. The van der Waals surface area contributed by atoms with Gasteiger partial charge in [-0.25, -0.2) is 4.72 Å². The third-order valence-corrected chi connectivity index (χ3v) is 5.73. The Labute approximate surface area is 155 Å². The van der Waals surface area contributed by atoms with Crippen LogP contribution in [0.3, 0.4) is 0 Å². The Morgan fingerprint density at radius 3 is 2.73 bits per heavy atom. The predicted molar refractivity (Wildman–Crippen MR) is 102 cm³/mol. The van der Waals surface area contributed by atoms with E-state index in [9.17, 15) is 13.2 Å². The Morgan fingerprint density at radius 2 is 2.12 bits per heavy atom. The van der Waals surface area contributed by atoms with Crippen molar-refractivity contribution in [3.8, 4) is 5.75 Å². The van der Waals surface area contributed by atoms with E-state index in [1.165, 1.54) is 20.2 Å². The molecular weight excluding hydrogens is 356 g/mol. The van der Waals surface area contributed by atoms with Gasteiger partial charge in [0.2, 0.25) is 0 Å². The number of carbonyl (C=O) groups is 1. The fourth-order valence-corrected chi connectivity index (χ4v) is 3.79. The first-order valence-electron chi connectivity index (χ1n) is 8.73. The molecule has 1 saturated heterocycles. The molecule has 0 aromatic heterocycles. The molecule has 1 aliphatic rings. The van der Waals surface area contributed by atoms with Crippen molar-refractivity contribution < 1.29 is 17.9 Å². The van der Waals surface area contributed by atoms with Crippen molar-refractivity contribution in [2.75, 3.05) is 38.5 Å². The van der Waals surface area contributed by atoms with Crippen LogP contribution < -0.4 is 19.5 Å². The van der Waals surface area contributed by atoms with Gasteiger partial charge in [0, 0.05) is 19.6 Å². The molecule has 2 rings (SSSR count). The SMILES string of the molecule is CCN1CCCC1CNC(=O)c1cc(NS(=O)(=O)NC)c(C)cc1OC. The molecule has 9 heteroatoms. The molecule has 1 aromatic rings. The number of likely N-dealkylation sites (N-methyl/N-ethyl adjacent to an activating group) is 1. The summed E-state index contributed by atoms with van der Waals surface area (Å²) in [5.74, 6) is 0.126. The van der Waals surface area contributed by atoms with Gasteiger partial charge in [-0.1, -0.05) is 6.92 Å². The average molecular weight is 385 g/mol. The van der Waals surface area contributed by atoms with Crippen molar-refractivity contribution >= 4 is 21.8 Å². The maximum absolute atomic E-state index is 12.7. The molecule has 1 heterocycles. The second-order valence-electron chi connectivity index (χ2n) is 6.31. The second kappa shape index (κ2) is 8.70. The lowest BCUT2D eigenvalue weighted by molar-refractivity contribution is 0.0938. The van der Waals surface area contributed by atoms with Crippen LogP contribution >= 0.6 is 0 Å². The molecule has 1 amide bonds. The van der Waals surface area contributed by atoms with E-state index in [2.05, 4.69) is 26.6 Å². The Hall–Kier alpha value is -1.84. The highest BCUT2D eigenvalue weighted by molar-refractivity contribution is 7.90. The number of amides is 1. The molecule has 1 unspecified atom stereocenters. The number of aryl methyl sites for hydroxylation is 1. The summed E-state index contributed by atoms with van der Waals surface area (Å²) in [6.07, 6.45) is 2.20. The first-order valence-corrected chi connectivity index (χ1v) is 10.2. The Kier molecular flexibility index (Phi) is 6.85. The fourth-order valence-electron chi connectivity index (χ4n) is 3.18. The Bertz CT molecular complexity index is 751. The molecule has 1 aromatic carbocycles. The number of methoxy groups -OCH3 is 1. The van der Waals surface area contributed by atoms with Crippen LogP contribution in [0.1, 0.15) is 35.7 Å². The minimum atomic E-state index is -3.67. The van der Waals surface area contributed by atoms with Crippen molar-refractivity contribution in [2.45, 2.75) is 32.7 Å². The Morgan fingerprint density at radius 1 is 1.38 bits per heavy atom. The molecule has 0 saturated carbocycles. The number of anilines is 1. The van der Waals surface area contributed by atoms with Crippen LogP contribution in [0.25, 0.3) is 0 Å². The third-order valence-electron chi connectivity index (χ3n) is 4.71. The number of likely N-dealkylation sites (tertiary alicyclic amines) is 1. The maximum Gasteiger partial charge on any atom is 0.298 e. The van der Waals surface area contributed by atoms with Gasteiger partial charge in [0.15, 0.2) is 0 Å². The minimum absolute atomic E-state index is 0.283. The zero-order chi connectivity index (χ0) is 19.3. The number of nitrogens with zero attached hydrogens (tertiary/aromatic N) is 1. The van der Waals surface area contributed by atoms with E-state index in [0.29, 0.717) is 35.2 Å². The van der Waals surface area contributed by atoms with Gasteiger partial charge in [-0.05, 0) is 50.6 Å². The lowest BCUT2D eigenvalue weighted by atomic mass is 10.1. The molecule has 8 nitrogen and oxygen atoms in total. The molecule has 0 radical (unpaired) electrons. The van der Waals surface area contributed by atoms with Crippen LogP contribution in [0.5, 0.6) is 5.75 Å². The zero-order valence-electron chi connectivity index (χ0n) is 15.8. The van der Waals surface area contributed by atoms with Gasteiger partial charge in [-0.2, -0.15) is 8.42 Å². The number of nitrogens with one attached hydrogen (secondary N) is 3. The largest absolute Gasteiger partial charge is 0.496 e. The summed E-state index contributed by atoms with van der Waals surface area (Å²) < 4.78 is 33.4. The van der Waals surface area contributed by atoms with Crippen LogP contribution in [0.4, 0.5) is 5.69 Å². The molecule has 1 fully saturated rings. The number of hydrogen-bond donors (Lipinski definition) is 3. The van der Waals surface area contributed by atoms with Gasteiger partial charge in [0.25, 0.3) is 16.1 Å². The van der Waals surface area contributed by atoms with Gasteiger partial charge >= 0.3 is 0 Å². The van der Waals surface area contributed by atoms with Gasteiger partial charge in [-0.3, -0.25) is 14.4 Å². The van der Waals surface area contributed by atoms with Gasteiger partial charge in [0.05, 0.1) is 18.4 Å². The Balaban J connectivity index is 2.19. The van der Waals surface area contributed by atoms with E-state index in [1.54, 1.807) is 13.0 Å². The van der Waals surface area contributed by atoms with Crippen molar-refractivity contribution in [1.29, 1.82) is 0 Å². The molecular formula is C17H28N4O4S. The molecule has 3 N–H and O–H groups in total. The van der Waals surface area contributed by atoms with E-state index in [4.69, 9.17) is 4.74 Å². The summed E-state index contributed by atoms with van der Waals surface area (Å²) in [5, 5.41) is 2.95. The van der Waals surface area contributed by atoms with E-state index in [1.807, 2.05) is 0 Å². The van der Waals surface area contributed by atoms with Crippen LogP contribution in [-0.2, 0) is 10.2 Å². The molecule has 0 spiro atoms. The molecule has 26 heavy (non-hydrogen) atoms. The van der Waals surface area contributed by atoms with E-state index >= 15 is 0 Å². The summed E-state index contributed by atoms with van der Waals surface area (Å²) in [6.45, 7) is 6.44. The summed E-state index contributed by atoms with van der Waals surface area (Å²) in [6, 6.07) is 3.49. The van der Waals surface area contributed by atoms with Crippen LogP contribution in [0.15, 0.2) is 12.1 Å². The topological polar surface area (TPSA) is 99.8 Å². The number of rotatable bonds is 8. The van der Waals surface area contributed by atoms with Gasteiger partial charge < -0.3 is 10.1 Å². The zero-order valence-corrected chi connectivity index (χ0v) is 16.6. The third kappa shape index (κ3) is 4.87. The molecule has 146 valence electrons. The van der Waals surface area contributed by atoms with Crippen molar-refractivity contribution in [1.82, 2.24) is 14.9 Å². The van der Waals surface area contributed by atoms with Crippen molar-refractivity contribution in [2.24, 2.45) is 0 Å². The quantitative estimate of drug-likeness (QED) is 0.623. The molecule has 0 bridgehead atoms. The van der Waals surface area contributed by atoms with Crippen LogP contribution in [0.2, 0.25) is 0 Å². The lowest BCUT2D eigenvalue weighted by Gasteiger charge is -2.23. The monoisotopic (exact) mass is 384 g/mol. The van der Waals surface area contributed by atoms with Crippen molar-refractivity contribution in [3.05, 3.63) is 23.3 Å². The summed E-state index contributed by atoms with van der Waals surface area (Å²) in [4.78, 5) is 15.0. The minimum Gasteiger partial charge on any atom is -0.496 e. The van der Waals surface area contributed by atoms with E-state index in [-0.39, 0.29) is 5.91 Å². The van der Waals surface area contributed by atoms with Crippen LogP contribution in [-0.4, -0.2) is 59.1 Å². The van der Waals surface area contributed by atoms with E-state index in [0.717, 1.165) is 25.9 Å². The maximum atomic E-state index is 12.7. The fraction of sp³-hybridized carbons (Fsp3) is 0.588. The highest BCUT2D eigenvalue weighted by atomic mass is 32.2. The highest BCUT2D eigenvalue weighted by Crippen LogP contribution is 2.27. The van der Waals surface area contributed by atoms with Crippen molar-refractivity contribution in [3.63, 3.8) is 0 Å². The molecule has 1 atom stereocenters. The predicted octanol–water partition coefficient (Wildman–Crippen LogP) is 1.09. The normalized spacial score (nSPS) is 17.9. The average Bonchev–Trinajstić information content (AvgIpc) is 3.08. The van der Waals surface area contributed by atoms with E-state index < -0.39 is 10.2 Å². The number of ether oxygens (including phenoxy) is 1.